The van der Waals surface area contributed by atoms with E-state index in [4.69, 9.17) is 34.8 Å². The first-order valence-corrected chi connectivity index (χ1v) is 7.88. The molecule has 0 unspecified atom stereocenters. The maximum absolute atomic E-state index is 6.15. The topological polar surface area (TPSA) is 12.0 Å². The van der Waals surface area contributed by atoms with Crippen LogP contribution in [-0.4, -0.2) is 0 Å². The predicted molar refractivity (Wildman–Crippen MR) is 93.9 cm³/mol. The minimum Gasteiger partial charge on any atom is -0.380 e. The fraction of sp³-hybridized carbons (Fsp3) is 0.294. The van der Waals surface area contributed by atoms with Crippen LogP contribution in [-0.2, 0) is 12.0 Å². The van der Waals surface area contributed by atoms with Gasteiger partial charge >= 0.3 is 0 Å². The Balaban J connectivity index is 2.08. The van der Waals surface area contributed by atoms with E-state index in [1.165, 1.54) is 11.1 Å². The fourth-order valence-corrected chi connectivity index (χ4v) is 2.59. The van der Waals surface area contributed by atoms with Crippen LogP contribution in [0.3, 0.4) is 0 Å². The fourth-order valence-electron chi connectivity index (χ4n) is 1.98. The lowest BCUT2D eigenvalue weighted by Crippen LogP contribution is -2.11. The van der Waals surface area contributed by atoms with E-state index < -0.39 is 0 Å². The van der Waals surface area contributed by atoms with Gasteiger partial charge in [-0.25, -0.2) is 0 Å². The van der Waals surface area contributed by atoms with Crippen LogP contribution in [0.2, 0.25) is 15.1 Å². The highest BCUT2D eigenvalue weighted by Crippen LogP contribution is 2.32. The summed E-state index contributed by atoms with van der Waals surface area (Å²) in [6, 6.07) is 12.0. The van der Waals surface area contributed by atoms with Gasteiger partial charge in [0.1, 0.15) is 0 Å². The Morgan fingerprint density at radius 2 is 1.43 bits per heavy atom. The van der Waals surface area contributed by atoms with E-state index in [9.17, 15) is 0 Å². The molecule has 0 aromatic heterocycles. The van der Waals surface area contributed by atoms with Crippen molar-refractivity contribution in [2.24, 2.45) is 0 Å². The molecule has 0 aliphatic heterocycles. The van der Waals surface area contributed by atoms with Crippen LogP contribution in [0, 0.1) is 0 Å². The van der Waals surface area contributed by atoms with Gasteiger partial charge in [-0.3, -0.25) is 0 Å². The third-order valence-electron chi connectivity index (χ3n) is 3.31. The Bertz CT molecular complexity index is 628. The van der Waals surface area contributed by atoms with Gasteiger partial charge in [-0.15, -0.1) is 0 Å². The lowest BCUT2D eigenvalue weighted by Gasteiger charge is -2.19. The summed E-state index contributed by atoms with van der Waals surface area (Å²) in [4.78, 5) is 0. The number of hydrogen-bond acceptors (Lipinski definition) is 1. The van der Waals surface area contributed by atoms with Crippen molar-refractivity contribution < 1.29 is 0 Å². The zero-order valence-corrected chi connectivity index (χ0v) is 14.6. The zero-order chi connectivity index (χ0) is 15.6. The van der Waals surface area contributed by atoms with E-state index >= 15 is 0 Å². The van der Waals surface area contributed by atoms with Gasteiger partial charge in [-0.2, -0.15) is 0 Å². The molecule has 0 aliphatic carbocycles. The molecular weight excluding hydrogens is 325 g/mol. The summed E-state index contributed by atoms with van der Waals surface area (Å²) < 4.78 is 0. The molecule has 0 radical (unpaired) electrons. The molecule has 112 valence electrons. The normalized spacial score (nSPS) is 11.5. The van der Waals surface area contributed by atoms with Gasteiger partial charge < -0.3 is 5.32 Å². The average molecular weight is 343 g/mol. The first kappa shape index (κ1) is 16.5. The van der Waals surface area contributed by atoms with Crippen molar-refractivity contribution in [2.45, 2.75) is 32.7 Å². The highest BCUT2D eigenvalue weighted by molar-refractivity contribution is 6.44. The molecule has 2 rings (SSSR count). The van der Waals surface area contributed by atoms with Gasteiger partial charge in [0.05, 0.1) is 20.8 Å². The van der Waals surface area contributed by atoms with E-state index in [1.807, 2.05) is 0 Å². The van der Waals surface area contributed by atoms with Crippen LogP contribution in [0.1, 0.15) is 31.9 Å². The second kappa shape index (κ2) is 6.48. The molecule has 0 amide bonds. The van der Waals surface area contributed by atoms with Gasteiger partial charge in [0.2, 0.25) is 0 Å². The Hall–Kier alpha value is -0.890. The number of rotatable bonds is 3. The van der Waals surface area contributed by atoms with Crippen LogP contribution in [0.15, 0.2) is 36.4 Å². The van der Waals surface area contributed by atoms with Crippen LogP contribution < -0.4 is 5.32 Å². The minimum atomic E-state index is 0.166. The van der Waals surface area contributed by atoms with Crippen molar-refractivity contribution in [3.05, 3.63) is 62.6 Å². The summed E-state index contributed by atoms with van der Waals surface area (Å²) in [5.74, 6) is 0. The van der Waals surface area contributed by atoms with Gasteiger partial charge in [0, 0.05) is 6.54 Å². The molecule has 2 aromatic carbocycles. The molecule has 0 fully saturated rings. The van der Waals surface area contributed by atoms with E-state index in [-0.39, 0.29) is 5.41 Å². The minimum absolute atomic E-state index is 0.166. The van der Waals surface area contributed by atoms with Crippen molar-refractivity contribution in [3.8, 4) is 0 Å². The summed E-state index contributed by atoms with van der Waals surface area (Å²) in [7, 11) is 0. The van der Waals surface area contributed by atoms with Crippen LogP contribution >= 0.6 is 34.8 Å². The molecule has 0 spiro atoms. The molecule has 0 saturated heterocycles. The third kappa shape index (κ3) is 4.29. The largest absolute Gasteiger partial charge is 0.380 e. The maximum Gasteiger partial charge on any atom is 0.0653 e. The van der Waals surface area contributed by atoms with E-state index in [1.54, 1.807) is 12.1 Å². The summed E-state index contributed by atoms with van der Waals surface area (Å²) >= 11 is 18.1. The van der Waals surface area contributed by atoms with E-state index in [0.717, 1.165) is 5.69 Å². The highest BCUT2D eigenvalue weighted by atomic mass is 35.5. The third-order valence-corrected chi connectivity index (χ3v) is 4.35. The van der Waals surface area contributed by atoms with E-state index in [0.29, 0.717) is 21.6 Å². The molecular formula is C17H18Cl3N. The Morgan fingerprint density at radius 3 is 2.00 bits per heavy atom. The Kier molecular flexibility index (Phi) is 5.08. The number of halogens is 3. The van der Waals surface area contributed by atoms with Crippen molar-refractivity contribution in [3.63, 3.8) is 0 Å². The van der Waals surface area contributed by atoms with Crippen LogP contribution in [0.25, 0.3) is 0 Å². The standard InChI is InChI=1S/C17H18Cl3N/c1-17(2,3)12-6-4-11(5-7-12)10-21-16-9-14(19)13(18)8-15(16)20/h4-9,21H,10H2,1-3H3. The summed E-state index contributed by atoms with van der Waals surface area (Å²) in [5, 5.41) is 4.80. The second-order valence-corrected chi connectivity index (χ2v) is 7.27. The number of hydrogen-bond donors (Lipinski definition) is 1. The second-order valence-electron chi connectivity index (χ2n) is 6.05. The van der Waals surface area contributed by atoms with Crippen molar-refractivity contribution in [2.75, 3.05) is 5.32 Å². The molecule has 0 aliphatic rings. The molecule has 0 heterocycles. The van der Waals surface area contributed by atoms with Crippen LogP contribution in [0.4, 0.5) is 5.69 Å². The molecule has 1 nitrogen and oxygen atoms in total. The maximum atomic E-state index is 6.15. The SMILES string of the molecule is CC(C)(C)c1ccc(CNc2cc(Cl)c(Cl)cc2Cl)cc1. The van der Waals surface area contributed by atoms with Crippen LogP contribution in [0.5, 0.6) is 0 Å². The Morgan fingerprint density at radius 1 is 0.857 bits per heavy atom. The monoisotopic (exact) mass is 341 g/mol. The molecule has 0 saturated carbocycles. The molecule has 21 heavy (non-hydrogen) atoms. The lowest BCUT2D eigenvalue weighted by molar-refractivity contribution is 0.590. The number of anilines is 1. The van der Waals surface area contributed by atoms with Gasteiger partial charge in [0.15, 0.2) is 0 Å². The van der Waals surface area contributed by atoms with E-state index in [2.05, 4.69) is 50.4 Å². The van der Waals surface area contributed by atoms with Gasteiger partial charge in [-0.1, -0.05) is 79.8 Å². The van der Waals surface area contributed by atoms with Gasteiger partial charge in [0.25, 0.3) is 0 Å². The predicted octanol–water partition coefficient (Wildman–Crippen LogP) is 6.56. The smallest absolute Gasteiger partial charge is 0.0653 e. The first-order valence-electron chi connectivity index (χ1n) is 6.75. The van der Waals surface area contributed by atoms with Crippen molar-refractivity contribution >= 4 is 40.5 Å². The summed E-state index contributed by atoms with van der Waals surface area (Å²) in [5.41, 5.74) is 3.45. The quantitative estimate of drug-likeness (QED) is 0.623. The summed E-state index contributed by atoms with van der Waals surface area (Å²) in [6.07, 6.45) is 0. The average Bonchev–Trinajstić information content (AvgIpc) is 2.41. The molecule has 0 atom stereocenters. The van der Waals surface area contributed by atoms with Gasteiger partial charge in [-0.05, 0) is 28.7 Å². The molecule has 2 aromatic rings. The molecule has 0 bridgehead atoms. The molecule has 1 N–H and O–H groups in total. The molecule has 4 heteroatoms. The number of benzene rings is 2. The summed E-state index contributed by atoms with van der Waals surface area (Å²) in [6.45, 7) is 7.29. The Labute approximate surface area is 141 Å². The first-order chi connectivity index (χ1) is 9.77. The number of nitrogens with one attached hydrogen (secondary N) is 1. The zero-order valence-electron chi connectivity index (χ0n) is 12.3. The highest BCUT2D eigenvalue weighted by Gasteiger charge is 2.12. The lowest BCUT2D eigenvalue weighted by atomic mass is 9.87. The van der Waals surface area contributed by atoms with Crippen molar-refractivity contribution in [1.82, 2.24) is 0 Å². The van der Waals surface area contributed by atoms with Crippen molar-refractivity contribution in [1.29, 1.82) is 0 Å².